The number of aromatic nitrogens is 1. The van der Waals surface area contributed by atoms with E-state index in [4.69, 9.17) is 0 Å². The van der Waals surface area contributed by atoms with Crippen LogP contribution in [0.25, 0.3) is 0 Å². The molecule has 1 aliphatic carbocycles. The Kier molecular flexibility index (Phi) is 6.85. The number of nitrogens with zero attached hydrogens (tertiary/aromatic N) is 4. The van der Waals surface area contributed by atoms with Crippen molar-refractivity contribution >= 4 is 22.8 Å². The summed E-state index contributed by atoms with van der Waals surface area (Å²) in [5.41, 5.74) is -3.26. The van der Waals surface area contributed by atoms with Crippen LogP contribution in [0.3, 0.4) is 0 Å². The molecule has 1 aromatic carbocycles. The molecule has 3 rings (SSSR count). The highest BCUT2D eigenvalue weighted by Crippen LogP contribution is 2.36. The third-order valence-electron chi connectivity index (χ3n) is 4.26. The highest BCUT2D eigenvalue weighted by Gasteiger charge is 2.29. The number of non-ortho nitro benzene ring substituents is 1. The van der Waals surface area contributed by atoms with Crippen molar-refractivity contribution in [3.63, 3.8) is 0 Å². The number of carbonyl (C=O) groups is 1. The van der Waals surface area contributed by atoms with E-state index in [1.807, 2.05) is 35.2 Å². The van der Waals surface area contributed by atoms with Gasteiger partial charge in [-0.2, -0.15) is 4.57 Å². The van der Waals surface area contributed by atoms with Crippen molar-refractivity contribution in [3.05, 3.63) is 73.1 Å². The smallest absolute Gasteiger partial charge is 0.283 e. The molecule has 1 aliphatic rings. The molecule has 1 fully saturated rings. The van der Waals surface area contributed by atoms with Crippen LogP contribution in [0.4, 0.5) is 17.1 Å². The molecule has 2 aromatic rings. The minimum atomic E-state index is -1.46. The second-order valence-electron chi connectivity index (χ2n) is 6.14. The molecule has 0 N–H and O–H groups in total. The van der Waals surface area contributed by atoms with E-state index in [9.17, 15) is 40.2 Å². The Morgan fingerprint density at radius 1 is 0.862 bits per heavy atom. The van der Waals surface area contributed by atoms with Gasteiger partial charge in [0.05, 0.1) is 32.7 Å². The second-order valence-corrected chi connectivity index (χ2v) is 6.14. The van der Waals surface area contributed by atoms with E-state index in [0.29, 0.717) is 17.9 Å². The molecule has 1 saturated carbocycles. The van der Waals surface area contributed by atoms with E-state index in [2.05, 4.69) is 0 Å². The second kappa shape index (κ2) is 9.30. The van der Waals surface area contributed by atoms with E-state index >= 15 is 0 Å². The van der Waals surface area contributed by atoms with Crippen LogP contribution in [0.1, 0.15) is 31.7 Å². The van der Waals surface area contributed by atoms with Crippen LogP contribution < -0.4 is 9.67 Å². The Labute approximate surface area is 163 Å². The maximum Gasteiger partial charge on any atom is 0.283 e. The largest absolute Gasteiger partial charge is 0.863 e. The molecular weight excluding hydrogens is 388 g/mol. The van der Waals surface area contributed by atoms with E-state index < -0.39 is 37.6 Å². The van der Waals surface area contributed by atoms with Gasteiger partial charge in [0.25, 0.3) is 17.1 Å². The lowest BCUT2D eigenvalue weighted by atomic mass is 9.94. The van der Waals surface area contributed by atoms with Gasteiger partial charge in [-0.15, -0.1) is 0 Å². The summed E-state index contributed by atoms with van der Waals surface area (Å²) in [5, 5.41) is 42.1. The minimum absolute atomic E-state index is 0.106. The lowest BCUT2D eigenvalue weighted by Crippen LogP contribution is -2.44. The Balaban J connectivity index is 0.000000211. The first kappa shape index (κ1) is 21.3. The van der Waals surface area contributed by atoms with E-state index in [1.54, 1.807) is 0 Å². The average Bonchev–Trinajstić information content (AvgIpc) is 2.69. The van der Waals surface area contributed by atoms with Crippen LogP contribution in [0.5, 0.6) is 5.75 Å². The van der Waals surface area contributed by atoms with Gasteiger partial charge in [0.15, 0.2) is 12.4 Å². The maximum absolute atomic E-state index is 11.6. The summed E-state index contributed by atoms with van der Waals surface area (Å²) in [6, 6.07) is 6.80. The first-order chi connectivity index (χ1) is 13.7. The number of nitro groups is 3. The van der Waals surface area contributed by atoms with Crippen molar-refractivity contribution < 1.29 is 29.2 Å². The molecule has 29 heavy (non-hydrogen) atoms. The van der Waals surface area contributed by atoms with Crippen LogP contribution in [0.15, 0.2) is 42.7 Å². The first-order valence-corrected chi connectivity index (χ1v) is 8.49. The summed E-state index contributed by atoms with van der Waals surface area (Å²) in [7, 11) is 0. The predicted octanol–water partition coefficient (Wildman–Crippen LogP) is 2.14. The summed E-state index contributed by atoms with van der Waals surface area (Å²) < 4.78 is 2.03. The molecule has 0 amide bonds. The molecule has 12 heteroatoms. The third-order valence-corrected chi connectivity index (χ3v) is 4.26. The zero-order valence-electron chi connectivity index (χ0n) is 15.0. The molecule has 152 valence electrons. The summed E-state index contributed by atoms with van der Waals surface area (Å²) in [6.45, 7) is 0. The fourth-order valence-corrected chi connectivity index (χ4v) is 2.86. The number of benzene rings is 1. The number of Topliss-reactive ketones (excluding diaryl/α,β-unsaturated/α-hetero) is 1. The van der Waals surface area contributed by atoms with E-state index in [1.165, 1.54) is 6.42 Å². The van der Waals surface area contributed by atoms with Crippen molar-refractivity contribution in [1.29, 1.82) is 0 Å². The highest BCUT2D eigenvalue weighted by molar-refractivity contribution is 5.81. The number of hydrogen-bond donors (Lipinski definition) is 0. The summed E-state index contributed by atoms with van der Waals surface area (Å²) in [6.07, 6.45) is 7.98. The molecule has 0 aliphatic heterocycles. The van der Waals surface area contributed by atoms with Crippen LogP contribution in [0, 0.1) is 30.3 Å². The van der Waals surface area contributed by atoms with Gasteiger partial charge < -0.3 is 5.11 Å². The fourth-order valence-electron chi connectivity index (χ4n) is 2.86. The molecule has 0 bridgehead atoms. The van der Waals surface area contributed by atoms with Gasteiger partial charge in [-0.25, -0.2) is 0 Å². The lowest BCUT2D eigenvalue weighted by molar-refractivity contribution is -0.710. The van der Waals surface area contributed by atoms with Gasteiger partial charge >= 0.3 is 0 Å². The van der Waals surface area contributed by atoms with Gasteiger partial charge in [0.1, 0.15) is 0 Å². The number of ketones is 1. The standard InChI is InChI=1S/C11H14NO.C6H3N3O7/c13-11-7-3-2-6-10(11)12-8-4-1-5-9-12;10-6-4(8(13)14)1-3(7(11)12)2-5(6)9(15)16/h1,4-5,8-10H,2-3,6-7H2;1-2,10H/q+1;/p-1. The Hall–Kier alpha value is -3.96. The van der Waals surface area contributed by atoms with Gasteiger partial charge in [-0.05, 0) is 12.8 Å². The summed E-state index contributed by atoms with van der Waals surface area (Å²) in [5.74, 6) is -1.07. The number of nitro benzene ring substituents is 3. The molecule has 0 saturated heterocycles. The molecule has 0 radical (unpaired) electrons. The quantitative estimate of drug-likeness (QED) is 0.423. The Bertz CT molecular complexity index is 913. The molecular formula is C17H16N4O8. The monoisotopic (exact) mass is 404 g/mol. The van der Waals surface area contributed by atoms with Crippen LogP contribution >= 0.6 is 0 Å². The Morgan fingerprint density at radius 3 is 1.86 bits per heavy atom. The van der Waals surface area contributed by atoms with Crippen LogP contribution in [-0.2, 0) is 4.79 Å². The summed E-state index contributed by atoms with van der Waals surface area (Å²) in [4.78, 5) is 39.1. The average molecular weight is 404 g/mol. The Morgan fingerprint density at radius 2 is 1.41 bits per heavy atom. The number of pyridine rings is 1. The summed E-state index contributed by atoms with van der Waals surface area (Å²) >= 11 is 0. The third kappa shape index (κ3) is 5.28. The molecule has 1 aromatic heterocycles. The zero-order valence-corrected chi connectivity index (χ0v) is 15.0. The highest BCUT2D eigenvalue weighted by atomic mass is 16.6. The first-order valence-electron chi connectivity index (χ1n) is 8.49. The van der Waals surface area contributed by atoms with Crippen LogP contribution in [-0.4, -0.2) is 20.6 Å². The van der Waals surface area contributed by atoms with Gasteiger partial charge in [-0.3, -0.25) is 35.1 Å². The van der Waals surface area contributed by atoms with Crippen molar-refractivity contribution in [2.24, 2.45) is 0 Å². The molecule has 1 atom stereocenters. The van der Waals surface area contributed by atoms with Gasteiger partial charge in [0, 0.05) is 25.0 Å². The van der Waals surface area contributed by atoms with Gasteiger partial charge in [0.2, 0.25) is 11.8 Å². The number of hydrogen-bond acceptors (Lipinski definition) is 8. The minimum Gasteiger partial charge on any atom is -0.863 e. The topological polar surface area (TPSA) is 173 Å². The van der Waals surface area contributed by atoms with Crippen molar-refractivity contribution in [2.75, 3.05) is 0 Å². The predicted molar refractivity (Wildman–Crippen MR) is 95.0 cm³/mol. The fraction of sp³-hybridized carbons (Fsp3) is 0.294. The number of rotatable bonds is 4. The van der Waals surface area contributed by atoms with Crippen molar-refractivity contribution in [2.45, 2.75) is 31.7 Å². The van der Waals surface area contributed by atoms with Crippen molar-refractivity contribution in [3.8, 4) is 5.75 Å². The van der Waals surface area contributed by atoms with Crippen molar-refractivity contribution in [1.82, 2.24) is 0 Å². The maximum atomic E-state index is 11.6. The SMILES string of the molecule is O=C1CCCCC1[n+]1ccccc1.O=[N+]([O-])c1cc([N+](=O)[O-])c([O-])c([N+](=O)[O-])c1. The van der Waals surface area contributed by atoms with E-state index in [0.717, 1.165) is 19.3 Å². The molecule has 1 heterocycles. The van der Waals surface area contributed by atoms with Gasteiger partial charge in [-0.1, -0.05) is 6.07 Å². The zero-order chi connectivity index (χ0) is 21.6. The molecule has 12 nitrogen and oxygen atoms in total. The number of carbonyl (C=O) groups excluding carboxylic acids is 1. The molecule has 1 unspecified atom stereocenters. The van der Waals surface area contributed by atoms with Crippen LogP contribution in [0.2, 0.25) is 0 Å². The van der Waals surface area contributed by atoms with E-state index in [-0.39, 0.29) is 6.04 Å². The molecule has 0 spiro atoms. The normalized spacial score (nSPS) is 15.7. The lowest BCUT2D eigenvalue weighted by Gasteiger charge is -2.15.